The van der Waals surface area contributed by atoms with E-state index in [1.165, 1.54) is 5.56 Å². The molecular weight excluding hydrogens is 296 g/mol. The van der Waals surface area contributed by atoms with Crippen molar-refractivity contribution in [3.05, 3.63) is 34.9 Å². The maximum absolute atomic E-state index is 6.24. The second-order valence-electron chi connectivity index (χ2n) is 4.99. The Kier molecular flexibility index (Phi) is 5.90. The van der Waals surface area contributed by atoms with E-state index in [0.717, 1.165) is 22.4 Å². The highest BCUT2D eigenvalue weighted by molar-refractivity contribution is 8.07. The van der Waals surface area contributed by atoms with Gasteiger partial charge >= 0.3 is 0 Å². The molecule has 1 aliphatic rings. The molecule has 2 rings (SSSR count). The van der Waals surface area contributed by atoms with Crippen LogP contribution in [0.3, 0.4) is 0 Å². The Hall–Kier alpha value is 0.130. The van der Waals surface area contributed by atoms with Crippen LogP contribution in [0.1, 0.15) is 19.4 Å². The number of nitrogens with two attached hydrogens (primary N) is 1. The van der Waals surface area contributed by atoms with E-state index in [-0.39, 0.29) is 6.04 Å². The molecule has 3 N–H and O–H groups in total. The van der Waals surface area contributed by atoms with E-state index in [4.69, 9.17) is 17.4 Å². The van der Waals surface area contributed by atoms with Gasteiger partial charge in [-0.3, -0.25) is 11.3 Å². The molecule has 0 saturated carbocycles. The van der Waals surface area contributed by atoms with Crippen LogP contribution in [0.25, 0.3) is 0 Å². The molecule has 4 unspecified atom stereocenters. The van der Waals surface area contributed by atoms with E-state index in [2.05, 4.69) is 25.3 Å². The molecule has 0 amide bonds. The topological polar surface area (TPSA) is 38.0 Å². The summed E-state index contributed by atoms with van der Waals surface area (Å²) in [6, 6.07) is 8.29. The Balaban J connectivity index is 2.02. The first-order chi connectivity index (χ1) is 9.11. The maximum atomic E-state index is 6.24. The van der Waals surface area contributed by atoms with Gasteiger partial charge < -0.3 is 0 Å². The van der Waals surface area contributed by atoms with Crippen molar-refractivity contribution in [3.63, 3.8) is 0 Å². The fourth-order valence-electron chi connectivity index (χ4n) is 2.22. The Morgan fingerprint density at radius 2 is 2.11 bits per heavy atom. The van der Waals surface area contributed by atoms with Crippen LogP contribution >= 0.6 is 35.1 Å². The molecule has 0 aliphatic carbocycles. The first-order valence-electron chi connectivity index (χ1n) is 6.58. The summed E-state index contributed by atoms with van der Waals surface area (Å²) in [7, 11) is 0. The van der Waals surface area contributed by atoms with Crippen molar-refractivity contribution >= 4 is 35.1 Å². The molecule has 2 nitrogen and oxygen atoms in total. The minimum Gasteiger partial charge on any atom is -0.271 e. The third kappa shape index (κ3) is 4.05. The summed E-state index contributed by atoms with van der Waals surface area (Å²) in [5.41, 5.74) is 4.16. The predicted molar refractivity (Wildman–Crippen MR) is 89.0 cm³/mol. The van der Waals surface area contributed by atoms with Gasteiger partial charge in [0.25, 0.3) is 0 Å². The number of hydrogen-bond acceptors (Lipinski definition) is 4. The highest BCUT2D eigenvalue weighted by atomic mass is 35.5. The lowest BCUT2D eigenvalue weighted by Crippen LogP contribution is -2.47. The van der Waals surface area contributed by atoms with E-state index < -0.39 is 0 Å². The average molecular weight is 317 g/mol. The van der Waals surface area contributed by atoms with Gasteiger partial charge in [-0.25, -0.2) is 0 Å². The van der Waals surface area contributed by atoms with E-state index in [0.29, 0.717) is 10.5 Å². The van der Waals surface area contributed by atoms with Crippen molar-refractivity contribution in [1.82, 2.24) is 5.43 Å². The zero-order chi connectivity index (χ0) is 13.8. The van der Waals surface area contributed by atoms with E-state index in [1.54, 1.807) is 0 Å². The standard InChI is InChI=1S/C14H21ClN2S2/c1-9-10(2)19-14(8-18-9)13(17-16)7-11-5-3-4-6-12(11)15/h3-6,9-10,13-14,17H,7-8,16H2,1-2H3. The molecule has 0 aromatic heterocycles. The largest absolute Gasteiger partial charge is 0.271 e. The smallest absolute Gasteiger partial charge is 0.0438 e. The molecule has 1 fully saturated rings. The Bertz CT molecular complexity index is 416. The number of thioether (sulfide) groups is 2. The molecule has 0 bridgehead atoms. The van der Waals surface area contributed by atoms with E-state index >= 15 is 0 Å². The van der Waals surface area contributed by atoms with Gasteiger partial charge in [0.15, 0.2) is 0 Å². The van der Waals surface area contributed by atoms with Crippen LogP contribution in [-0.4, -0.2) is 27.5 Å². The number of halogens is 1. The number of rotatable bonds is 4. The normalized spacial score (nSPS) is 29.2. The Morgan fingerprint density at radius 1 is 1.37 bits per heavy atom. The molecule has 1 aliphatic heterocycles. The van der Waals surface area contributed by atoms with E-state index in [9.17, 15) is 0 Å². The molecule has 1 aromatic carbocycles. The van der Waals surface area contributed by atoms with Crippen molar-refractivity contribution in [3.8, 4) is 0 Å². The number of benzene rings is 1. The quantitative estimate of drug-likeness (QED) is 0.660. The predicted octanol–water partition coefficient (Wildman–Crippen LogP) is 3.34. The summed E-state index contributed by atoms with van der Waals surface area (Å²) in [4.78, 5) is 0. The Labute approximate surface area is 129 Å². The minimum absolute atomic E-state index is 0.271. The second-order valence-corrected chi connectivity index (χ2v) is 8.43. The van der Waals surface area contributed by atoms with Crippen molar-refractivity contribution in [2.24, 2.45) is 5.84 Å². The van der Waals surface area contributed by atoms with Gasteiger partial charge in [-0.05, 0) is 18.1 Å². The molecular formula is C14H21ClN2S2. The van der Waals surface area contributed by atoms with Crippen molar-refractivity contribution in [2.75, 3.05) is 5.75 Å². The molecule has 0 spiro atoms. The number of nitrogens with one attached hydrogen (secondary N) is 1. The fourth-order valence-corrected chi connectivity index (χ4v) is 5.54. The highest BCUT2D eigenvalue weighted by Gasteiger charge is 2.31. The average Bonchev–Trinajstić information content (AvgIpc) is 2.41. The lowest BCUT2D eigenvalue weighted by atomic mass is 10.0. The molecule has 1 saturated heterocycles. The molecule has 4 atom stereocenters. The van der Waals surface area contributed by atoms with Crippen molar-refractivity contribution < 1.29 is 0 Å². The third-order valence-electron chi connectivity index (χ3n) is 3.63. The summed E-state index contributed by atoms with van der Waals surface area (Å²) in [5.74, 6) is 6.91. The summed E-state index contributed by atoms with van der Waals surface area (Å²) >= 11 is 10.3. The second kappa shape index (κ2) is 7.23. The first kappa shape index (κ1) is 15.5. The summed E-state index contributed by atoms with van der Waals surface area (Å²) in [6.07, 6.45) is 0.884. The number of hydrazine groups is 1. The van der Waals surface area contributed by atoms with Gasteiger partial charge in [0.2, 0.25) is 0 Å². The Morgan fingerprint density at radius 3 is 2.74 bits per heavy atom. The molecule has 19 heavy (non-hydrogen) atoms. The highest BCUT2D eigenvalue weighted by Crippen LogP contribution is 2.37. The summed E-state index contributed by atoms with van der Waals surface area (Å²) < 4.78 is 0. The molecule has 1 heterocycles. The minimum atomic E-state index is 0.271. The fraction of sp³-hybridized carbons (Fsp3) is 0.571. The zero-order valence-electron chi connectivity index (χ0n) is 11.3. The zero-order valence-corrected chi connectivity index (χ0v) is 13.7. The molecule has 106 valence electrons. The molecule has 5 heteroatoms. The lowest BCUT2D eigenvalue weighted by Gasteiger charge is -2.35. The van der Waals surface area contributed by atoms with Crippen LogP contribution in [0.5, 0.6) is 0 Å². The summed E-state index contributed by atoms with van der Waals surface area (Å²) in [6.45, 7) is 4.61. The van der Waals surface area contributed by atoms with Gasteiger partial charge in [0, 0.05) is 32.6 Å². The molecule has 1 aromatic rings. The van der Waals surface area contributed by atoms with Crippen LogP contribution in [-0.2, 0) is 6.42 Å². The SMILES string of the molecule is CC1SCC(C(Cc2ccccc2Cl)NN)SC1C. The van der Waals surface area contributed by atoms with E-state index in [1.807, 2.05) is 41.7 Å². The first-order valence-corrected chi connectivity index (χ1v) is 8.95. The van der Waals surface area contributed by atoms with Crippen LogP contribution in [0.15, 0.2) is 24.3 Å². The lowest BCUT2D eigenvalue weighted by molar-refractivity contribution is 0.521. The van der Waals surface area contributed by atoms with Gasteiger partial charge in [-0.15, -0.1) is 0 Å². The van der Waals surface area contributed by atoms with Crippen LogP contribution in [0, 0.1) is 0 Å². The van der Waals surface area contributed by atoms with Gasteiger partial charge in [-0.2, -0.15) is 23.5 Å². The van der Waals surface area contributed by atoms with Crippen LogP contribution in [0.4, 0.5) is 0 Å². The van der Waals surface area contributed by atoms with Crippen molar-refractivity contribution in [1.29, 1.82) is 0 Å². The van der Waals surface area contributed by atoms with Gasteiger partial charge in [-0.1, -0.05) is 43.6 Å². The van der Waals surface area contributed by atoms with Crippen LogP contribution < -0.4 is 11.3 Å². The van der Waals surface area contributed by atoms with Crippen molar-refractivity contribution in [2.45, 2.75) is 42.1 Å². The maximum Gasteiger partial charge on any atom is 0.0438 e. The molecule has 0 radical (unpaired) electrons. The third-order valence-corrected chi connectivity index (χ3v) is 7.55. The summed E-state index contributed by atoms with van der Waals surface area (Å²) in [5, 5.41) is 2.76. The van der Waals surface area contributed by atoms with Gasteiger partial charge in [0.1, 0.15) is 0 Å². The van der Waals surface area contributed by atoms with Crippen LogP contribution in [0.2, 0.25) is 5.02 Å². The number of hydrogen-bond donors (Lipinski definition) is 2. The van der Waals surface area contributed by atoms with Gasteiger partial charge in [0.05, 0.1) is 0 Å². The monoisotopic (exact) mass is 316 g/mol.